The first-order valence-electron chi connectivity index (χ1n) is 13.9. The lowest BCUT2D eigenvalue weighted by Gasteiger charge is -2.21. The number of carbonyl (C=O) groups excluding carboxylic acids is 3. The van der Waals surface area contributed by atoms with Crippen molar-refractivity contribution in [2.24, 2.45) is 0 Å². The molecule has 0 unspecified atom stereocenters. The van der Waals surface area contributed by atoms with Gasteiger partial charge in [-0.05, 0) is 92.4 Å². The zero-order valence-corrected chi connectivity index (χ0v) is 23.9. The third kappa shape index (κ3) is 5.23. The number of nitrogens with one attached hydrogen (secondary N) is 3. The number of H-pyrrole nitrogens is 1. The van der Waals surface area contributed by atoms with Crippen LogP contribution in [0.3, 0.4) is 0 Å². The largest absolute Gasteiger partial charge is 0.456 e. The maximum absolute atomic E-state index is 13.6. The van der Waals surface area contributed by atoms with Gasteiger partial charge in [0, 0.05) is 30.4 Å². The smallest absolute Gasteiger partial charge is 0.338 e. The maximum Gasteiger partial charge on any atom is 0.338 e. The van der Waals surface area contributed by atoms with Gasteiger partial charge in [0.1, 0.15) is 17.0 Å². The molecule has 10 heteroatoms. The molecule has 0 saturated carbocycles. The van der Waals surface area contributed by atoms with Crippen LogP contribution in [0.2, 0.25) is 0 Å². The molecule has 0 saturated heterocycles. The molecule has 42 heavy (non-hydrogen) atoms. The number of carbonyl (C=O) groups is 3. The molecule has 3 N–H and O–H groups in total. The number of nitrogens with zero attached hydrogens (tertiary/aromatic N) is 3. The van der Waals surface area contributed by atoms with Crippen molar-refractivity contribution in [3.8, 4) is 0 Å². The van der Waals surface area contributed by atoms with Crippen LogP contribution in [0.25, 0.3) is 16.6 Å². The van der Waals surface area contributed by atoms with E-state index in [-0.39, 0.29) is 29.3 Å². The number of esters is 1. The molecule has 0 spiro atoms. The number of ether oxygens (including phenoxy) is 1. The van der Waals surface area contributed by atoms with E-state index in [1.54, 1.807) is 18.3 Å². The summed E-state index contributed by atoms with van der Waals surface area (Å²) in [5.74, 6) is -1.12. The fourth-order valence-corrected chi connectivity index (χ4v) is 5.49. The zero-order chi connectivity index (χ0) is 29.6. The Morgan fingerprint density at radius 2 is 1.90 bits per heavy atom. The predicted octanol–water partition coefficient (Wildman–Crippen LogP) is 4.82. The molecule has 214 valence electrons. The van der Waals surface area contributed by atoms with Crippen LogP contribution in [0, 0.1) is 6.92 Å². The first-order chi connectivity index (χ1) is 20.1. The first-order valence-corrected chi connectivity index (χ1v) is 13.9. The van der Waals surface area contributed by atoms with E-state index in [4.69, 9.17) is 4.74 Å². The minimum Gasteiger partial charge on any atom is -0.456 e. The van der Waals surface area contributed by atoms with Crippen molar-refractivity contribution in [3.63, 3.8) is 0 Å². The topological polar surface area (TPSA) is 130 Å². The van der Waals surface area contributed by atoms with Crippen molar-refractivity contribution >= 4 is 34.3 Å². The Hall–Kier alpha value is -4.99. The van der Waals surface area contributed by atoms with Crippen LogP contribution in [0.1, 0.15) is 86.8 Å². The number of amides is 2. The summed E-state index contributed by atoms with van der Waals surface area (Å²) < 4.78 is 7.00. The summed E-state index contributed by atoms with van der Waals surface area (Å²) in [6.07, 6.45) is 4.82. The average molecular weight is 565 g/mol. The third-order valence-corrected chi connectivity index (χ3v) is 7.51. The van der Waals surface area contributed by atoms with Gasteiger partial charge in [0.15, 0.2) is 5.65 Å². The number of aromatic nitrogens is 4. The SMILES string of the molecule is Cc1c(C(=O)OC(C)(C)C)ccc2c1CC[C@@H]2NC(=O)c1cc(C(=O)NCc2ccc3[nH]ccc3c2)nc2ccnn12. The highest BCUT2D eigenvalue weighted by atomic mass is 16.6. The summed E-state index contributed by atoms with van der Waals surface area (Å²) >= 11 is 0. The second-order valence-corrected chi connectivity index (χ2v) is 11.6. The van der Waals surface area contributed by atoms with Gasteiger partial charge in [-0.15, -0.1) is 0 Å². The second kappa shape index (κ2) is 10.4. The number of fused-ring (bicyclic) bond motifs is 3. The highest BCUT2D eigenvalue weighted by molar-refractivity contribution is 5.98. The summed E-state index contributed by atoms with van der Waals surface area (Å²) in [5.41, 5.74) is 5.52. The van der Waals surface area contributed by atoms with Crippen molar-refractivity contribution in [1.29, 1.82) is 0 Å². The predicted molar refractivity (Wildman–Crippen MR) is 157 cm³/mol. The van der Waals surface area contributed by atoms with Gasteiger partial charge in [-0.3, -0.25) is 9.59 Å². The first kappa shape index (κ1) is 27.2. The summed E-state index contributed by atoms with van der Waals surface area (Å²) in [5, 5.41) is 11.3. The fraction of sp³-hybridized carbons (Fsp3) is 0.281. The second-order valence-electron chi connectivity index (χ2n) is 11.6. The molecular weight excluding hydrogens is 532 g/mol. The van der Waals surface area contributed by atoms with E-state index in [1.807, 2.05) is 64.2 Å². The molecule has 0 aliphatic heterocycles. The van der Waals surface area contributed by atoms with Crippen molar-refractivity contribution in [2.75, 3.05) is 0 Å². The standard InChI is InChI=1S/C32H32N6O4/c1-18-21-8-10-25(23(21)7-6-22(18)31(41)42-32(2,3)4)37-30(40)27-16-26(36-28-12-14-35-38(27)28)29(39)34-17-19-5-9-24-20(15-19)11-13-33-24/h5-7,9,11-16,25,33H,8,10,17H2,1-4H3,(H,34,39)(H,37,40)/t25-/m0/s1. The van der Waals surface area contributed by atoms with Crippen LogP contribution >= 0.6 is 0 Å². The van der Waals surface area contributed by atoms with E-state index < -0.39 is 11.5 Å². The van der Waals surface area contributed by atoms with E-state index in [1.165, 1.54) is 10.6 Å². The summed E-state index contributed by atoms with van der Waals surface area (Å²) in [6, 6.07) is 14.4. The van der Waals surface area contributed by atoms with Crippen molar-refractivity contribution in [1.82, 2.24) is 30.2 Å². The van der Waals surface area contributed by atoms with Crippen molar-refractivity contribution < 1.29 is 19.1 Å². The van der Waals surface area contributed by atoms with E-state index in [0.717, 1.165) is 39.6 Å². The average Bonchev–Trinajstić information content (AvgIpc) is 3.70. The molecule has 1 aliphatic rings. The number of rotatable bonds is 6. The van der Waals surface area contributed by atoms with Crippen LogP contribution in [-0.2, 0) is 17.7 Å². The molecule has 1 atom stereocenters. The maximum atomic E-state index is 13.6. The van der Waals surface area contributed by atoms with Gasteiger partial charge in [-0.2, -0.15) is 5.10 Å². The summed E-state index contributed by atoms with van der Waals surface area (Å²) in [7, 11) is 0. The van der Waals surface area contributed by atoms with Crippen molar-refractivity contribution in [2.45, 2.75) is 58.7 Å². The Kier molecular flexibility index (Phi) is 6.76. The molecule has 10 nitrogen and oxygen atoms in total. The van der Waals surface area contributed by atoms with Crippen molar-refractivity contribution in [3.05, 3.63) is 100 Å². The lowest BCUT2D eigenvalue weighted by molar-refractivity contribution is 0.00683. The number of hydrogen-bond donors (Lipinski definition) is 3. The Morgan fingerprint density at radius 3 is 2.71 bits per heavy atom. The molecule has 0 radical (unpaired) electrons. The van der Waals surface area contributed by atoms with Gasteiger partial charge in [0.25, 0.3) is 11.8 Å². The van der Waals surface area contributed by atoms with Gasteiger partial charge in [-0.25, -0.2) is 14.3 Å². The molecule has 1 aliphatic carbocycles. The molecule has 3 heterocycles. The normalized spacial score (nSPS) is 14.6. The lowest BCUT2D eigenvalue weighted by Crippen LogP contribution is -2.30. The Morgan fingerprint density at radius 1 is 1.07 bits per heavy atom. The quantitative estimate of drug-likeness (QED) is 0.254. The van der Waals surface area contributed by atoms with Crippen LogP contribution in [0.5, 0.6) is 0 Å². The van der Waals surface area contributed by atoms with E-state index >= 15 is 0 Å². The summed E-state index contributed by atoms with van der Waals surface area (Å²) in [4.78, 5) is 47.0. The molecule has 2 amide bonds. The Balaban J connectivity index is 1.20. The zero-order valence-electron chi connectivity index (χ0n) is 23.9. The van der Waals surface area contributed by atoms with Crippen LogP contribution in [-0.4, -0.2) is 43.0 Å². The van der Waals surface area contributed by atoms with E-state index in [2.05, 4.69) is 25.7 Å². The molecule has 6 rings (SSSR count). The van der Waals surface area contributed by atoms with Gasteiger partial charge < -0.3 is 20.4 Å². The monoisotopic (exact) mass is 564 g/mol. The minimum absolute atomic E-state index is 0.126. The number of aromatic amines is 1. The Bertz CT molecular complexity index is 1860. The number of benzene rings is 2. The number of hydrogen-bond acceptors (Lipinski definition) is 6. The summed E-state index contributed by atoms with van der Waals surface area (Å²) in [6.45, 7) is 7.76. The van der Waals surface area contributed by atoms with Crippen LogP contribution < -0.4 is 10.6 Å². The fourth-order valence-electron chi connectivity index (χ4n) is 5.49. The highest BCUT2D eigenvalue weighted by Gasteiger charge is 2.30. The molecule has 2 aromatic carbocycles. The lowest BCUT2D eigenvalue weighted by atomic mass is 9.97. The molecular formula is C32H32N6O4. The molecule has 0 bridgehead atoms. The van der Waals surface area contributed by atoms with E-state index in [0.29, 0.717) is 24.2 Å². The van der Waals surface area contributed by atoms with Gasteiger partial charge in [0.05, 0.1) is 17.8 Å². The molecule has 0 fully saturated rings. The van der Waals surface area contributed by atoms with Crippen LogP contribution in [0.4, 0.5) is 0 Å². The van der Waals surface area contributed by atoms with E-state index in [9.17, 15) is 14.4 Å². The van der Waals surface area contributed by atoms with Gasteiger partial charge in [-0.1, -0.05) is 12.1 Å². The van der Waals surface area contributed by atoms with Gasteiger partial charge >= 0.3 is 5.97 Å². The highest BCUT2D eigenvalue weighted by Crippen LogP contribution is 2.35. The minimum atomic E-state index is -0.589. The third-order valence-electron chi connectivity index (χ3n) is 7.51. The molecule has 5 aromatic rings. The molecule has 3 aromatic heterocycles. The van der Waals surface area contributed by atoms with Gasteiger partial charge in [0.2, 0.25) is 0 Å². The Labute approximate surface area is 242 Å². The van der Waals surface area contributed by atoms with Crippen LogP contribution in [0.15, 0.2) is 60.9 Å².